The summed E-state index contributed by atoms with van der Waals surface area (Å²) >= 11 is 0. The van der Waals surface area contributed by atoms with E-state index in [4.69, 9.17) is 15.7 Å². The highest BCUT2D eigenvalue weighted by molar-refractivity contribution is 5.97. The lowest BCUT2D eigenvalue weighted by molar-refractivity contribution is 0.0695. The number of nitrogens with zero attached hydrogens (tertiary/aromatic N) is 3. The maximum absolute atomic E-state index is 15.3. The van der Waals surface area contributed by atoms with Crippen molar-refractivity contribution in [1.29, 1.82) is 5.26 Å². The fourth-order valence-electron chi connectivity index (χ4n) is 4.34. The monoisotopic (exact) mass is 414 g/mol. The number of carboxylic acid groups (broad SMARTS) is 1. The lowest BCUT2D eigenvalue weighted by Crippen LogP contribution is -2.32. The molecule has 2 fully saturated rings. The van der Waals surface area contributed by atoms with Gasteiger partial charge < -0.3 is 25.0 Å². The van der Waals surface area contributed by atoms with Crippen molar-refractivity contribution in [2.45, 2.75) is 37.8 Å². The van der Waals surface area contributed by atoms with Gasteiger partial charge in [0.05, 0.1) is 30.5 Å². The Balaban J connectivity index is 1.89. The van der Waals surface area contributed by atoms with E-state index in [1.807, 2.05) is 4.90 Å². The van der Waals surface area contributed by atoms with Crippen molar-refractivity contribution in [2.24, 2.45) is 11.7 Å². The van der Waals surface area contributed by atoms with Gasteiger partial charge in [-0.15, -0.1) is 0 Å². The topological polar surface area (TPSA) is 122 Å². The first-order valence-corrected chi connectivity index (χ1v) is 9.93. The number of nitriles is 1. The van der Waals surface area contributed by atoms with Gasteiger partial charge in [-0.25, -0.2) is 9.18 Å². The number of hydrogen-bond acceptors (Lipinski definition) is 6. The van der Waals surface area contributed by atoms with E-state index in [9.17, 15) is 14.7 Å². The van der Waals surface area contributed by atoms with Gasteiger partial charge in [0.2, 0.25) is 5.43 Å². The number of hydrogen-bond donors (Lipinski definition) is 2. The van der Waals surface area contributed by atoms with Crippen LogP contribution >= 0.6 is 0 Å². The van der Waals surface area contributed by atoms with Gasteiger partial charge in [0.1, 0.15) is 11.3 Å². The fraction of sp³-hybridized carbons (Fsp3) is 0.476. The number of aromatic carboxylic acids is 1. The highest BCUT2D eigenvalue weighted by Gasteiger charge is 2.34. The van der Waals surface area contributed by atoms with Crippen molar-refractivity contribution in [3.05, 3.63) is 33.9 Å². The first-order chi connectivity index (χ1) is 14.4. The second-order valence-corrected chi connectivity index (χ2v) is 7.97. The number of pyridine rings is 1. The Morgan fingerprint density at radius 1 is 1.47 bits per heavy atom. The molecule has 0 radical (unpaired) electrons. The third-order valence-electron chi connectivity index (χ3n) is 6.05. The standard InChI is InChI=1S/C21H23FN4O4/c1-30-20-17-13(19(27)14(21(28)29)10-26(17)12-2-3-12)8-15(22)18(20)25-7-5-11(9-25)16(24)4-6-23/h8,10-12,16H,2-5,7,9,24H2,1H3,(H,28,29). The van der Waals surface area contributed by atoms with Crippen LogP contribution in [0, 0.1) is 23.1 Å². The molecule has 1 saturated heterocycles. The number of nitrogens with two attached hydrogens (primary N) is 1. The Morgan fingerprint density at radius 3 is 2.80 bits per heavy atom. The Labute approximate surface area is 172 Å². The normalized spacial score (nSPS) is 19.7. The first-order valence-electron chi connectivity index (χ1n) is 9.93. The Morgan fingerprint density at radius 2 is 2.20 bits per heavy atom. The predicted octanol–water partition coefficient (Wildman–Crippen LogP) is 2.25. The number of aromatic nitrogens is 1. The number of rotatable bonds is 6. The van der Waals surface area contributed by atoms with Crippen LogP contribution < -0.4 is 20.8 Å². The van der Waals surface area contributed by atoms with Crippen molar-refractivity contribution in [2.75, 3.05) is 25.1 Å². The predicted molar refractivity (Wildman–Crippen MR) is 108 cm³/mol. The van der Waals surface area contributed by atoms with E-state index in [2.05, 4.69) is 6.07 Å². The second kappa shape index (κ2) is 7.61. The molecule has 158 valence electrons. The summed E-state index contributed by atoms with van der Waals surface area (Å²) < 4.78 is 22.6. The summed E-state index contributed by atoms with van der Waals surface area (Å²) in [5, 5.41) is 18.3. The molecule has 1 aliphatic heterocycles. The molecule has 1 aliphatic carbocycles. The molecule has 0 bridgehead atoms. The fourth-order valence-corrected chi connectivity index (χ4v) is 4.34. The summed E-state index contributed by atoms with van der Waals surface area (Å²) in [4.78, 5) is 26.1. The van der Waals surface area contributed by atoms with Crippen molar-refractivity contribution >= 4 is 22.6 Å². The molecule has 3 N–H and O–H groups in total. The van der Waals surface area contributed by atoms with Crippen LogP contribution in [-0.4, -0.2) is 41.9 Å². The first kappa shape index (κ1) is 20.2. The molecule has 1 saturated carbocycles. The van der Waals surface area contributed by atoms with E-state index in [1.54, 1.807) is 4.57 Å². The summed E-state index contributed by atoms with van der Waals surface area (Å²) in [5.74, 6) is -1.71. The smallest absolute Gasteiger partial charge is 0.341 e. The quantitative estimate of drug-likeness (QED) is 0.743. The van der Waals surface area contributed by atoms with E-state index in [-0.39, 0.29) is 46.8 Å². The molecule has 4 rings (SSSR count). The highest BCUT2D eigenvalue weighted by atomic mass is 19.1. The van der Waals surface area contributed by atoms with Gasteiger partial charge in [-0.05, 0) is 31.2 Å². The van der Waals surface area contributed by atoms with Crippen LogP contribution in [-0.2, 0) is 0 Å². The molecule has 2 aliphatic rings. The molecular formula is C21H23FN4O4. The van der Waals surface area contributed by atoms with E-state index in [0.29, 0.717) is 18.6 Å². The molecule has 0 amide bonds. The van der Waals surface area contributed by atoms with Gasteiger partial charge >= 0.3 is 5.97 Å². The van der Waals surface area contributed by atoms with Crippen molar-refractivity contribution in [3.63, 3.8) is 0 Å². The van der Waals surface area contributed by atoms with Gasteiger partial charge in [-0.2, -0.15) is 5.26 Å². The molecule has 2 unspecified atom stereocenters. The highest BCUT2D eigenvalue weighted by Crippen LogP contribution is 2.44. The van der Waals surface area contributed by atoms with Gasteiger partial charge in [0.15, 0.2) is 11.6 Å². The summed E-state index contributed by atoms with van der Waals surface area (Å²) in [7, 11) is 1.42. The molecule has 9 heteroatoms. The molecule has 1 aromatic carbocycles. The van der Waals surface area contributed by atoms with Gasteiger partial charge in [-0.1, -0.05) is 0 Å². The molecule has 1 aromatic heterocycles. The summed E-state index contributed by atoms with van der Waals surface area (Å²) in [5.41, 5.74) is 5.64. The van der Waals surface area contributed by atoms with Crippen LogP contribution in [0.2, 0.25) is 0 Å². The van der Waals surface area contributed by atoms with Gasteiger partial charge in [0.25, 0.3) is 0 Å². The van der Waals surface area contributed by atoms with Crippen LogP contribution in [0.4, 0.5) is 10.1 Å². The van der Waals surface area contributed by atoms with Crippen LogP contribution in [0.15, 0.2) is 17.1 Å². The maximum atomic E-state index is 15.3. The van der Waals surface area contributed by atoms with Crippen LogP contribution in [0.25, 0.3) is 10.9 Å². The molecule has 0 spiro atoms. The number of carbonyl (C=O) groups is 1. The van der Waals surface area contributed by atoms with Crippen LogP contribution in [0.5, 0.6) is 5.75 Å². The summed E-state index contributed by atoms with van der Waals surface area (Å²) in [6.07, 6.45) is 3.99. The minimum Gasteiger partial charge on any atom is -0.492 e. The Kier molecular flexibility index (Phi) is 5.12. The number of halogens is 1. The number of carboxylic acids is 1. The van der Waals surface area contributed by atoms with Crippen molar-refractivity contribution in [3.8, 4) is 11.8 Å². The zero-order chi connectivity index (χ0) is 21.6. The van der Waals surface area contributed by atoms with E-state index in [0.717, 1.165) is 25.3 Å². The van der Waals surface area contributed by atoms with Crippen molar-refractivity contribution < 1.29 is 19.0 Å². The van der Waals surface area contributed by atoms with Crippen LogP contribution in [0.3, 0.4) is 0 Å². The zero-order valence-corrected chi connectivity index (χ0v) is 16.6. The number of methoxy groups -OCH3 is 1. The third kappa shape index (κ3) is 3.27. The van der Waals surface area contributed by atoms with E-state index >= 15 is 4.39 Å². The zero-order valence-electron chi connectivity index (χ0n) is 16.6. The average Bonchev–Trinajstić information content (AvgIpc) is 3.44. The Bertz CT molecular complexity index is 1120. The largest absolute Gasteiger partial charge is 0.492 e. The molecule has 2 aromatic rings. The van der Waals surface area contributed by atoms with E-state index < -0.39 is 17.2 Å². The van der Waals surface area contributed by atoms with Gasteiger partial charge in [0, 0.05) is 31.4 Å². The number of ether oxygens (including phenoxy) is 1. The third-order valence-corrected chi connectivity index (χ3v) is 6.05. The SMILES string of the molecule is COc1c(N2CCC(C(N)CC#N)C2)c(F)cc2c(=O)c(C(=O)O)cn(C3CC3)c12. The molecule has 2 heterocycles. The summed E-state index contributed by atoms with van der Waals surface area (Å²) in [6.45, 7) is 1.02. The molecular weight excluding hydrogens is 391 g/mol. The lowest BCUT2D eigenvalue weighted by Gasteiger charge is -2.25. The summed E-state index contributed by atoms with van der Waals surface area (Å²) in [6, 6.07) is 2.95. The molecule has 2 atom stereocenters. The van der Waals surface area contributed by atoms with Gasteiger partial charge in [-0.3, -0.25) is 4.79 Å². The number of anilines is 1. The maximum Gasteiger partial charge on any atom is 0.341 e. The average molecular weight is 414 g/mol. The van der Waals surface area contributed by atoms with Crippen molar-refractivity contribution in [1.82, 2.24) is 4.57 Å². The van der Waals surface area contributed by atoms with Crippen LogP contribution in [0.1, 0.15) is 42.1 Å². The molecule has 8 nitrogen and oxygen atoms in total. The minimum absolute atomic E-state index is 0.00294. The number of benzene rings is 1. The molecule has 30 heavy (non-hydrogen) atoms. The lowest BCUT2D eigenvalue weighted by atomic mass is 9.98. The van der Waals surface area contributed by atoms with E-state index in [1.165, 1.54) is 13.3 Å². The Hall–Kier alpha value is -3.12. The number of fused-ring (bicyclic) bond motifs is 1. The minimum atomic E-state index is -1.34. The second-order valence-electron chi connectivity index (χ2n) is 7.97.